The highest BCUT2D eigenvalue weighted by Gasteiger charge is 2.15. The van der Waals surface area contributed by atoms with Gasteiger partial charge in [0, 0.05) is 11.1 Å². The van der Waals surface area contributed by atoms with Gasteiger partial charge < -0.3 is 4.52 Å². The fourth-order valence-corrected chi connectivity index (χ4v) is 4.04. The van der Waals surface area contributed by atoms with Crippen LogP contribution in [0.1, 0.15) is 23.9 Å². The monoisotopic (exact) mass is 444 g/mol. The molecule has 3 heterocycles. The summed E-state index contributed by atoms with van der Waals surface area (Å²) in [6.45, 7) is 4.14. The first-order valence-electron chi connectivity index (χ1n) is 10.2. The van der Waals surface area contributed by atoms with E-state index in [0.29, 0.717) is 33.8 Å². The fraction of sp³-hybridized carbons (Fsp3) is 0.174. The van der Waals surface area contributed by atoms with Crippen molar-refractivity contribution in [3.63, 3.8) is 0 Å². The van der Waals surface area contributed by atoms with Crippen molar-refractivity contribution in [2.24, 2.45) is 0 Å². The van der Waals surface area contributed by atoms with E-state index < -0.39 is 0 Å². The van der Waals surface area contributed by atoms with E-state index in [2.05, 4.69) is 44.5 Å². The van der Waals surface area contributed by atoms with E-state index in [1.165, 1.54) is 22.9 Å². The van der Waals surface area contributed by atoms with Crippen LogP contribution in [-0.2, 0) is 12.2 Å². The molecule has 0 aliphatic rings. The minimum atomic E-state index is -0.294. The number of aryl methyl sites for hydroxylation is 2. The molecule has 2 aromatic carbocycles. The summed E-state index contributed by atoms with van der Waals surface area (Å²) in [5, 5.41) is 15.9. The van der Waals surface area contributed by atoms with E-state index in [9.17, 15) is 4.79 Å². The lowest BCUT2D eigenvalue weighted by Crippen LogP contribution is -2.13. The Bertz CT molecular complexity index is 1430. The summed E-state index contributed by atoms with van der Waals surface area (Å²) in [6.07, 6.45) is 0.969. The molecule has 0 amide bonds. The third-order valence-electron chi connectivity index (χ3n) is 5.14. The van der Waals surface area contributed by atoms with Crippen LogP contribution in [-0.4, -0.2) is 30.0 Å². The molecule has 0 aliphatic heterocycles. The molecular weight excluding hydrogens is 424 g/mol. The summed E-state index contributed by atoms with van der Waals surface area (Å²) < 4.78 is 6.95. The Morgan fingerprint density at radius 3 is 2.56 bits per heavy atom. The molecule has 5 aromatic rings. The Hall–Kier alpha value is -3.72. The van der Waals surface area contributed by atoms with Crippen LogP contribution >= 0.6 is 11.8 Å². The largest absolute Gasteiger partial charge is 0.338 e. The lowest BCUT2D eigenvalue weighted by atomic mass is 10.1. The van der Waals surface area contributed by atoms with Gasteiger partial charge in [0.15, 0.2) is 0 Å². The number of H-pyrrole nitrogens is 1. The quantitative estimate of drug-likeness (QED) is 0.390. The normalized spacial score (nSPS) is 11.3. The molecule has 1 N–H and O–H groups in total. The summed E-state index contributed by atoms with van der Waals surface area (Å²) in [7, 11) is 0. The van der Waals surface area contributed by atoms with Gasteiger partial charge in [-0.15, -0.1) is 5.10 Å². The van der Waals surface area contributed by atoms with Crippen molar-refractivity contribution in [1.82, 2.24) is 30.0 Å². The zero-order chi connectivity index (χ0) is 22.1. The molecule has 0 bridgehead atoms. The first-order valence-corrected chi connectivity index (χ1v) is 11.2. The summed E-state index contributed by atoms with van der Waals surface area (Å²) in [4.78, 5) is 16.8. The van der Waals surface area contributed by atoms with Crippen molar-refractivity contribution in [3.05, 3.63) is 82.0 Å². The Labute approximate surface area is 187 Å². The van der Waals surface area contributed by atoms with Gasteiger partial charge in [0.2, 0.25) is 16.9 Å². The number of fused-ring (bicyclic) bond motifs is 1. The zero-order valence-corrected chi connectivity index (χ0v) is 18.4. The predicted molar refractivity (Wildman–Crippen MR) is 122 cm³/mol. The molecule has 5 rings (SSSR count). The van der Waals surface area contributed by atoms with Crippen LogP contribution in [0.25, 0.3) is 28.2 Å². The molecule has 3 aromatic heterocycles. The van der Waals surface area contributed by atoms with Gasteiger partial charge in [-0.3, -0.25) is 4.79 Å². The number of benzene rings is 2. The van der Waals surface area contributed by atoms with Crippen LogP contribution < -0.4 is 5.56 Å². The maximum atomic E-state index is 12.3. The Morgan fingerprint density at radius 2 is 1.81 bits per heavy atom. The van der Waals surface area contributed by atoms with E-state index in [0.717, 1.165) is 17.5 Å². The average molecular weight is 445 g/mol. The van der Waals surface area contributed by atoms with Gasteiger partial charge in [-0.2, -0.15) is 10.1 Å². The molecule has 9 heteroatoms. The molecule has 0 saturated heterocycles. The van der Waals surface area contributed by atoms with Gasteiger partial charge in [-0.05, 0) is 25.0 Å². The van der Waals surface area contributed by atoms with Crippen molar-refractivity contribution < 1.29 is 4.52 Å². The lowest BCUT2D eigenvalue weighted by Gasteiger charge is -2.01. The lowest BCUT2D eigenvalue weighted by molar-refractivity contribution is 0.391. The van der Waals surface area contributed by atoms with Gasteiger partial charge in [-0.25, -0.2) is 9.61 Å². The third-order valence-corrected chi connectivity index (χ3v) is 6.05. The Balaban J connectivity index is 1.40. The summed E-state index contributed by atoms with van der Waals surface area (Å²) in [6, 6.07) is 17.9. The molecule has 0 aliphatic carbocycles. The summed E-state index contributed by atoms with van der Waals surface area (Å²) >= 11 is 1.36. The van der Waals surface area contributed by atoms with Gasteiger partial charge in [0.25, 0.3) is 5.56 Å². The molecule has 32 heavy (non-hydrogen) atoms. The molecule has 0 atom stereocenters. The predicted octanol–water partition coefficient (Wildman–Crippen LogP) is 4.30. The first kappa shape index (κ1) is 20.2. The summed E-state index contributed by atoms with van der Waals surface area (Å²) in [5.74, 6) is 1.40. The van der Waals surface area contributed by atoms with Crippen LogP contribution in [0.2, 0.25) is 0 Å². The molecule has 0 spiro atoms. The van der Waals surface area contributed by atoms with Gasteiger partial charge in [0.05, 0.1) is 11.4 Å². The smallest absolute Gasteiger partial charge is 0.290 e. The van der Waals surface area contributed by atoms with Crippen LogP contribution in [0.3, 0.4) is 0 Å². The van der Waals surface area contributed by atoms with E-state index in [4.69, 9.17) is 4.52 Å². The number of aromatic nitrogens is 6. The van der Waals surface area contributed by atoms with E-state index in [1.54, 1.807) is 10.6 Å². The molecule has 8 nitrogen and oxygen atoms in total. The maximum Gasteiger partial charge on any atom is 0.290 e. The topological polar surface area (TPSA) is 102 Å². The highest BCUT2D eigenvalue weighted by Crippen LogP contribution is 2.25. The first-order chi connectivity index (χ1) is 15.6. The number of aromatic amines is 1. The molecule has 160 valence electrons. The number of nitrogens with one attached hydrogen (secondary N) is 1. The van der Waals surface area contributed by atoms with E-state index >= 15 is 0 Å². The molecule has 0 fully saturated rings. The second kappa shape index (κ2) is 8.43. The average Bonchev–Trinajstić information content (AvgIpc) is 3.48. The van der Waals surface area contributed by atoms with Crippen LogP contribution in [0.5, 0.6) is 0 Å². The molecular formula is C23H20N6O2S. The number of nitrogens with zero attached hydrogens (tertiary/aromatic N) is 5. The molecule has 0 saturated carbocycles. The van der Waals surface area contributed by atoms with Gasteiger partial charge in [0.1, 0.15) is 5.52 Å². The minimum Gasteiger partial charge on any atom is -0.338 e. The maximum absolute atomic E-state index is 12.3. The van der Waals surface area contributed by atoms with E-state index in [1.807, 2.05) is 43.3 Å². The van der Waals surface area contributed by atoms with Gasteiger partial charge in [-0.1, -0.05) is 77.9 Å². The minimum absolute atomic E-state index is 0.294. The Morgan fingerprint density at radius 1 is 1.06 bits per heavy atom. The third kappa shape index (κ3) is 3.94. The fourth-order valence-electron chi connectivity index (χ4n) is 3.30. The van der Waals surface area contributed by atoms with Crippen molar-refractivity contribution in [3.8, 4) is 22.6 Å². The van der Waals surface area contributed by atoms with Crippen LogP contribution in [0.4, 0.5) is 0 Å². The number of hydrogen-bond donors (Lipinski definition) is 1. The van der Waals surface area contributed by atoms with E-state index in [-0.39, 0.29) is 5.56 Å². The van der Waals surface area contributed by atoms with Gasteiger partial charge >= 0.3 is 0 Å². The summed E-state index contributed by atoms with van der Waals surface area (Å²) in [5.41, 5.74) is 5.11. The highest BCUT2D eigenvalue weighted by molar-refractivity contribution is 7.98. The van der Waals surface area contributed by atoms with Crippen molar-refractivity contribution in [2.45, 2.75) is 31.2 Å². The molecule has 0 radical (unpaired) electrons. The highest BCUT2D eigenvalue weighted by atomic mass is 32.2. The van der Waals surface area contributed by atoms with Crippen LogP contribution in [0.15, 0.2) is 69.1 Å². The SMILES string of the molecule is CCc1ccc(-c2cc3c(=O)[nH]nc(SCc4nc(-c5ccc(C)cc5)no4)n3n2)cc1. The standard InChI is InChI=1S/C23H20N6O2S/c1-3-15-6-10-16(11-7-15)18-12-19-22(30)25-26-23(29(19)27-18)32-13-20-24-21(28-31-20)17-8-4-14(2)5-9-17/h4-12H,3,13H2,1-2H3,(H,25,30). The second-order valence-electron chi connectivity index (χ2n) is 7.38. The molecule has 0 unspecified atom stereocenters. The van der Waals surface area contributed by atoms with Crippen LogP contribution in [0, 0.1) is 6.92 Å². The zero-order valence-electron chi connectivity index (χ0n) is 17.6. The Kier molecular flexibility index (Phi) is 5.32. The number of thioether (sulfide) groups is 1. The van der Waals surface area contributed by atoms with Crippen molar-refractivity contribution in [2.75, 3.05) is 0 Å². The van der Waals surface area contributed by atoms with Crippen molar-refractivity contribution in [1.29, 1.82) is 0 Å². The second-order valence-corrected chi connectivity index (χ2v) is 8.32. The van der Waals surface area contributed by atoms with Crippen molar-refractivity contribution >= 4 is 17.3 Å². The number of hydrogen-bond acceptors (Lipinski definition) is 7. The number of rotatable bonds is 6.